The fourth-order valence-electron chi connectivity index (χ4n) is 3.70. The van der Waals surface area contributed by atoms with Gasteiger partial charge in [0.15, 0.2) is 5.78 Å². The maximum Gasteiger partial charge on any atom is 0.325 e. The molecule has 0 spiro atoms. The van der Waals surface area contributed by atoms with E-state index >= 15 is 0 Å². The largest absolute Gasteiger partial charge is 0.465 e. The van der Waals surface area contributed by atoms with Crippen molar-refractivity contribution in [3.05, 3.63) is 83.4 Å². The zero-order valence-electron chi connectivity index (χ0n) is 21.5. The van der Waals surface area contributed by atoms with Crippen molar-refractivity contribution in [2.45, 2.75) is 53.1 Å². The normalized spacial score (nSPS) is 11.8. The predicted molar refractivity (Wildman–Crippen MR) is 139 cm³/mol. The third-order valence-electron chi connectivity index (χ3n) is 5.51. The highest BCUT2D eigenvalue weighted by atomic mass is 16.5. The number of ether oxygens (including phenoxy) is 1. The van der Waals surface area contributed by atoms with Crippen LogP contribution in [0.4, 0.5) is 0 Å². The molecule has 2 amide bonds. The lowest BCUT2D eigenvalue weighted by Gasteiger charge is -2.29. The summed E-state index contributed by atoms with van der Waals surface area (Å²) in [6.07, 6.45) is 4.86. The Morgan fingerprint density at radius 3 is 2.33 bits per heavy atom. The molecule has 2 aromatic rings. The van der Waals surface area contributed by atoms with Gasteiger partial charge >= 0.3 is 5.97 Å². The molecule has 36 heavy (non-hydrogen) atoms. The number of carbonyl (C=O) groups excluding carboxylic acids is 4. The summed E-state index contributed by atoms with van der Waals surface area (Å²) < 4.78 is 5.10. The van der Waals surface area contributed by atoms with Gasteiger partial charge in [-0.2, -0.15) is 0 Å². The molecule has 0 radical (unpaired) electrons. The van der Waals surface area contributed by atoms with E-state index < -0.39 is 12.0 Å². The van der Waals surface area contributed by atoms with Gasteiger partial charge in [-0.15, -0.1) is 0 Å². The molecule has 0 aliphatic carbocycles. The molecule has 0 aliphatic rings. The summed E-state index contributed by atoms with van der Waals surface area (Å²) in [7, 11) is 0. The first-order valence-corrected chi connectivity index (χ1v) is 12.3. The van der Waals surface area contributed by atoms with Crippen LogP contribution in [-0.2, 0) is 32.1 Å². The number of allylic oxidation sites excluding steroid dienone is 2. The van der Waals surface area contributed by atoms with Crippen LogP contribution in [-0.4, -0.2) is 47.7 Å². The average molecular weight is 493 g/mol. The van der Waals surface area contributed by atoms with Crippen LogP contribution in [0.2, 0.25) is 0 Å². The molecule has 0 aliphatic heterocycles. The Morgan fingerprint density at radius 1 is 1.00 bits per heavy atom. The lowest BCUT2D eigenvalue weighted by Crippen LogP contribution is -2.52. The molecular weight excluding hydrogens is 456 g/mol. The lowest BCUT2D eigenvalue weighted by molar-refractivity contribution is -0.150. The van der Waals surface area contributed by atoms with Crippen molar-refractivity contribution in [1.29, 1.82) is 0 Å². The Kier molecular flexibility index (Phi) is 11.6. The van der Waals surface area contributed by atoms with Gasteiger partial charge in [0.25, 0.3) is 5.91 Å². The van der Waals surface area contributed by atoms with E-state index in [2.05, 4.69) is 5.32 Å². The van der Waals surface area contributed by atoms with Gasteiger partial charge in [0, 0.05) is 12.1 Å². The summed E-state index contributed by atoms with van der Waals surface area (Å²) in [5.74, 6) is -1.39. The van der Waals surface area contributed by atoms with E-state index in [0.29, 0.717) is 5.56 Å². The second kappa shape index (κ2) is 14.6. The fraction of sp³-hybridized carbons (Fsp3) is 0.379. The maximum atomic E-state index is 13.6. The van der Waals surface area contributed by atoms with E-state index in [0.717, 1.165) is 24.0 Å². The first kappa shape index (κ1) is 28.5. The third kappa shape index (κ3) is 9.49. The van der Waals surface area contributed by atoms with Gasteiger partial charge in [-0.1, -0.05) is 62.4 Å². The van der Waals surface area contributed by atoms with E-state index in [1.165, 1.54) is 11.8 Å². The second-order valence-electron chi connectivity index (χ2n) is 8.93. The van der Waals surface area contributed by atoms with Crippen molar-refractivity contribution in [2.24, 2.45) is 5.92 Å². The molecule has 0 saturated carbocycles. The Balaban J connectivity index is 2.22. The van der Waals surface area contributed by atoms with Crippen LogP contribution in [0.3, 0.4) is 0 Å². The molecule has 1 N–H and O–H groups in total. The Labute approximate surface area is 213 Å². The Hall–Kier alpha value is -3.74. The number of aryl methyl sites for hydroxylation is 1. The van der Waals surface area contributed by atoms with Gasteiger partial charge in [0.05, 0.1) is 6.61 Å². The second-order valence-corrected chi connectivity index (χ2v) is 8.93. The fourth-order valence-corrected chi connectivity index (χ4v) is 3.70. The van der Waals surface area contributed by atoms with Crippen LogP contribution >= 0.6 is 0 Å². The van der Waals surface area contributed by atoms with E-state index in [-0.39, 0.29) is 43.2 Å². The molecule has 2 aromatic carbocycles. The number of rotatable bonds is 13. The molecule has 1 atom stereocenters. The third-order valence-corrected chi connectivity index (χ3v) is 5.51. The van der Waals surface area contributed by atoms with Gasteiger partial charge in [-0.05, 0) is 61.9 Å². The van der Waals surface area contributed by atoms with E-state index in [1.54, 1.807) is 37.3 Å². The summed E-state index contributed by atoms with van der Waals surface area (Å²) in [6.45, 7) is 7.12. The molecule has 192 valence electrons. The monoisotopic (exact) mass is 492 g/mol. The summed E-state index contributed by atoms with van der Waals surface area (Å²) in [6, 6.07) is 15.7. The summed E-state index contributed by atoms with van der Waals surface area (Å²) in [5, 5.41) is 2.84. The Bertz CT molecular complexity index is 1060. The zero-order valence-corrected chi connectivity index (χ0v) is 21.5. The van der Waals surface area contributed by atoms with Gasteiger partial charge < -0.3 is 15.0 Å². The summed E-state index contributed by atoms with van der Waals surface area (Å²) >= 11 is 0. The van der Waals surface area contributed by atoms with Crippen molar-refractivity contribution in [2.75, 3.05) is 13.2 Å². The molecule has 1 unspecified atom stereocenters. The topological polar surface area (TPSA) is 92.8 Å². The highest BCUT2D eigenvalue weighted by Gasteiger charge is 2.30. The lowest BCUT2D eigenvalue weighted by atomic mass is 10.0. The highest BCUT2D eigenvalue weighted by Crippen LogP contribution is 2.15. The minimum atomic E-state index is -0.813. The number of hydrogen-bond donors (Lipinski definition) is 1. The van der Waals surface area contributed by atoms with Crippen molar-refractivity contribution in [3.63, 3.8) is 0 Å². The van der Waals surface area contributed by atoms with E-state index in [4.69, 9.17) is 4.74 Å². The number of benzene rings is 2. The van der Waals surface area contributed by atoms with Crippen molar-refractivity contribution >= 4 is 23.6 Å². The predicted octanol–water partition coefficient (Wildman–Crippen LogP) is 4.11. The standard InChI is InChI=1S/C29H36N2O5/c1-5-36-26(33)20-31(19-24-15-11-14-23(18-24)13-10-9-12-22(4)32)29(35)27(21(2)3)30-28(34)25-16-7-6-8-17-25/h6-9,11-12,14-18,21,27H,5,10,13,19-20H2,1-4H3,(H,30,34)/b12-9+. The number of nitrogens with zero attached hydrogens (tertiary/aromatic N) is 1. The van der Waals surface area contributed by atoms with Crippen molar-refractivity contribution < 1.29 is 23.9 Å². The quantitative estimate of drug-likeness (QED) is 0.336. The molecule has 7 nitrogen and oxygen atoms in total. The molecule has 0 bridgehead atoms. The van der Waals surface area contributed by atoms with Crippen LogP contribution in [0.5, 0.6) is 0 Å². The smallest absolute Gasteiger partial charge is 0.325 e. The number of ketones is 1. The first-order valence-electron chi connectivity index (χ1n) is 12.3. The van der Waals surface area contributed by atoms with Gasteiger partial charge in [-0.3, -0.25) is 19.2 Å². The van der Waals surface area contributed by atoms with Crippen LogP contribution in [0.15, 0.2) is 66.7 Å². The van der Waals surface area contributed by atoms with Gasteiger partial charge in [-0.25, -0.2) is 0 Å². The van der Waals surface area contributed by atoms with Crippen LogP contribution in [0.1, 0.15) is 55.6 Å². The van der Waals surface area contributed by atoms with Gasteiger partial charge in [0.1, 0.15) is 12.6 Å². The number of carbonyl (C=O) groups is 4. The first-order chi connectivity index (χ1) is 17.2. The summed E-state index contributed by atoms with van der Waals surface area (Å²) in [5.41, 5.74) is 2.37. The maximum absolute atomic E-state index is 13.6. The van der Waals surface area contributed by atoms with Crippen LogP contribution in [0.25, 0.3) is 0 Å². The van der Waals surface area contributed by atoms with Crippen LogP contribution in [0, 0.1) is 5.92 Å². The number of esters is 1. The van der Waals surface area contributed by atoms with Crippen molar-refractivity contribution in [3.8, 4) is 0 Å². The Morgan fingerprint density at radius 2 is 1.69 bits per heavy atom. The minimum absolute atomic E-state index is 0.0101. The number of hydrogen-bond acceptors (Lipinski definition) is 5. The molecule has 2 rings (SSSR count). The molecule has 0 heterocycles. The SMILES string of the molecule is CCOC(=O)CN(Cc1cccc(CC/C=C/C(C)=O)c1)C(=O)C(NC(=O)c1ccccc1)C(C)C. The number of amides is 2. The highest BCUT2D eigenvalue weighted by molar-refractivity contribution is 5.98. The molecule has 0 aromatic heterocycles. The molecule has 0 saturated heterocycles. The zero-order chi connectivity index (χ0) is 26.5. The van der Waals surface area contributed by atoms with E-state index in [9.17, 15) is 19.2 Å². The van der Waals surface area contributed by atoms with Crippen LogP contribution < -0.4 is 5.32 Å². The van der Waals surface area contributed by atoms with E-state index in [1.807, 2.05) is 50.3 Å². The molecule has 0 fully saturated rings. The van der Waals surface area contributed by atoms with Crippen molar-refractivity contribution in [1.82, 2.24) is 10.2 Å². The summed E-state index contributed by atoms with van der Waals surface area (Å²) in [4.78, 5) is 51.3. The number of nitrogens with one attached hydrogen (secondary N) is 1. The minimum Gasteiger partial charge on any atom is -0.465 e. The van der Waals surface area contributed by atoms with Gasteiger partial charge in [0.2, 0.25) is 5.91 Å². The molecule has 7 heteroatoms. The average Bonchev–Trinajstić information content (AvgIpc) is 2.85. The molecular formula is C29H36N2O5.